The minimum absolute atomic E-state index is 0.0551. The van der Waals surface area contributed by atoms with Gasteiger partial charge in [0.25, 0.3) is 0 Å². The molecule has 0 radical (unpaired) electrons. The summed E-state index contributed by atoms with van der Waals surface area (Å²) in [7, 11) is 0. The van der Waals surface area contributed by atoms with Crippen LogP contribution in [0.1, 0.15) is 67.7 Å². The SMILES string of the molecule is C=C(C)C(=O)OCCOCCOC(=O)Oc1ccc(OC(=O)c2ccc(-c3ccc(C(=O)OC4CC(C)CCC4C(C)C)cc3)cc2)cc1. The second kappa shape index (κ2) is 18.0. The third kappa shape index (κ3) is 11.3. The van der Waals surface area contributed by atoms with Crippen molar-refractivity contribution in [2.45, 2.75) is 53.1 Å². The predicted molar refractivity (Wildman–Crippen MR) is 182 cm³/mol. The highest BCUT2D eigenvalue weighted by Gasteiger charge is 2.33. The van der Waals surface area contributed by atoms with E-state index in [1.807, 2.05) is 24.3 Å². The van der Waals surface area contributed by atoms with Crippen LogP contribution in [0.3, 0.4) is 0 Å². The zero-order valence-electron chi connectivity index (χ0n) is 28.5. The number of ether oxygens (including phenoxy) is 6. The van der Waals surface area contributed by atoms with Crippen LogP contribution in [0, 0.1) is 17.8 Å². The molecule has 49 heavy (non-hydrogen) atoms. The first kappa shape index (κ1) is 36.9. The van der Waals surface area contributed by atoms with Gasteiger partial charge >= 0.3 is 24.1 Å². The smallest absolute Gasteiger partial charge is 0.460 e. The molecular formula is C39H44O10. The number of esters is 3. The van der Waals surface area contributed by atoms with E-state index >= 15 is 0 Å². The van der Waals surface area contributed by atoms with Gasteiger partial charge in [0.2, 0.25) is 0 Å². The van der Waals surface area contributed by atoms with Gasteiger partial charge in [-0.3, -0.25) is 0 Å². The molecule has 3 aromatic rings. The molecule has 0 spiro atoms. The van der Waals surface area contributed by atoms with E-state index in [0.29, 0.717) is 34.5 Å². The van der Waals surface area contributed by atoms with Crippen molar-refractivity contribution in [3.05, 3.63) is 96.1 Å². The molecule has 1 aliphatic carbocycles. The summed E-state index contributed by atoms with van der Waals surface area (Å²) in [5, 5.41) is 0. The zero-order valence-corrected chi connectivity index (χ0v) is 28.5. The van der Waals surface area contributed by atoms with E-state index < -0.39 is 18.1 Å². The number of benzene rings is 3. The van der Waals surface area contributed by atoms with E-state index in [2.05, 4.69) is 27.4 Å². The Morgan fingerprint density at radius 3 is 1.80 bits per heavy atom. The molecular weight excluding hydrogens is 628 g/mol. The van der Waals surface area contributed by atoms with E-state index in [1.54, 1.807) is 31.2 Å². The van der Waals surface area contributed by atoms with Gasteiger partial charge in [-0.2, -0.15) is 0 Å². The molecule has 4 rings (SSSR count). The predicted octanol–water partition coefficient (Wildman–Crippen LogP) is 7.84. The van der Waals surface area contributed by atoms with E-state index in [-0.39, 0.29) is 50.0 Å². The molecule has 10 heteroatoms. The van der Waals surface area contributed by atoms with Crippen molar-refractivity contribution in [1.82, 2.24) is 0 Å². The van der Waals surface area contributed by atoms with Crippen molar-refractivity contribution in [3.63, 3.8) is 0 Å². The first-order valence-electron chi connectivity index (χ1n) is 16.5. The molecule has 1 aliphatic rings. The summed E-state index contributed by atoms with van der Waals surface area (Å²) in [6, 6.07) is 20.2. The van der Waals surface area contributed by atoms with Crippen molar-refractivity contribution >= 4 is 24.1 Å². The molecule has 10 nitrogen and oxygen atoms in total. The fraction of sp³-hybridized carbons (Fsp3) is 0.385. The van der Waals surface area contributed by atoms with Crippen LogP contribution >= 0.6 is 0 Å². The van der Waals surface area contributed by atoms with Crippen molar-refractivity contribution in [2.75, 3.05) is 26.4 Å². The standard InChI is InChI=1S/C39H44O10/c1-25(2)34-19-6-27(5)24-35(34)49-38(42)31-13-9-29(10-14-31)28-7-11-30(12-8-28)37(41)47-32-15-17-33(18-16-32)48-39(43)46-23-21-44-20-22-45-36(40)26(3)4/h7-18,25,27,34-35H,3,6,19-24H2,1-2,4-5H3. The maximum atomic E-state index is 13.0. The summed E-state index contributed by atoms with van der Waals surface area (Å²) in [6.45, 7) is 11.9. The summed E-state index contributed by atoms with van der Waals surface area (Å²) in [4.78, 5) is 48.9. The summed E-state index contributed by atoms with van der Waals surface area (Å²) in [6.07, 6.45) is 2.17. The quantitative estimate of drug-likeness (QED) is 0.0418. The summed E-state index contributed by atoms with van der Waals surface area (Å²) in [5.41, 5.74) is 2.94. The second-order valence-electron chi connectivity index (χ2n) is 12.5. The number of carbonyl (C=O) groups is 4. The number of rotatable bonds is 14. The molecule has 3 aromatic carbocycles. The van der Waals surface area contributed by atoms with Gasteiger partial charge in [-0.25, -0.2) is 19.2 Å². The largest absolute Gasteiger partial charge is 0.513 e. The first-order valence-corrected chi connectivity index (χ1v) is 16.5. The number of hydrogen-bond acceptors (Lipinski definition) is 10. The molecule has 1 fully saturated rings. The summed E-state index contributed by atoms with van der Waals surface area (Å²) < 4.78 is 31.6. The summed E-state index contributed by atoms with van der Waals surface area (Å²) >= 11 is 0. The Morgan fingerprint density at radius 1 is 0.714 bits per heavy atom. The molecule has 260 valence electrons. The molecule has 0 amide bonds. The van der Waals surface area contributed by atoms with Crippen LogP contribution in [-0.4, -0.2) is 56.6 Å². The topological polar surface area (TPSA) is 124 Å². The van der Waals surface area contributed by atoms with Crippen molar-refractivity contribution < 1.29 is 47.6 Å². The second-order valence-corrected chi connectivity index (χ2v) is 12.5. The Bertz CT molecular complexity index is 1580. The molecule has 0 N–H and O–H groups in total. The number of hydrogen-bond donors (Lipinski definition) is 0. The fourth-order valence-corrected chi connectivity index (χ4v) is 5.52. The maximum Gasteiger partial charge on any atom is 0.513 e. The Kier molecular flexibility index (Phi) is 13.5. The third-order valence-corrected chi connectivity index (χ3v) is 8.29. The van der Waals surface area contributed by atoms with Gasteiger partial charge in [0.1, 0.15) is 30.8 Å². The molecule has 1 saturated carbocycles. The monoisotopic (exact) mass is 672 g/mol. The molecule has 0 bridgehead atoms. The Balaban J connectivity index is 1.20. The van der Waals surface area contributed by atoms with Crippen molar-refractivity contribution in [1.29, 1.82) is 0 Å². The van der Waals surface area contributed by atoms with Gasteiger partial charge in [0.05, 0.1) is 24.3 Å². The lowest BCUT2D eigenvalue weighted by Gasteiger charge is -2.36. The van der Waals surface area contributed by atoms with Crippen LogP contribution in [0.5, 0.6) is 11.5 Å². The Morgan fingerprint density at radius 2 is 1.24 bits per heavy atom. The minimum atomic E-state index is -0.925. The summed E-state index contributed by atoms with van der Waals surface area (Å²) in [5.74, 6) is 0.506. The van der Waals surface area contributed by atoms with Crippen LogP contribution < -0.4 is 9.47 Å². The number of carbonyl (C=O) groups excluding carboxylic acids is 4. The average Bonchev–Trinajstić information content (AvgIpc) is 3.08. The highest BCUT2D eigenvalue weighted by Crippen LogP contribution is 2.36. The molecule has 0 aromatic heterocycles. The normalized spacial score (nSPS) is 17.1. The van der Waals surface area contributed by atoms with E-state index in [1.165, 1.54) is 30.7 Å². The van der Waals surface area contributed by atoms with Crippen LogP contribution in [0.15, 0.2) is 84.9 Å². The molecule has 0 heterocycles. The maximum absolute atomic E-state index is 13.0. The van der Waals surface area contributed by atoms with Crippen LogP contribution in [-0.2, 0) is 23.7 Å². The Labute approximate surface area is 287 Å². The van der Waals surface area contributed by atoms with Gasteiger partial charge in [0.15, 0.2) is 0 Å². The van der Waals surface area contributed by atoms with E-state index in [4.69, 9.17) is 28.4 Å². The highest BCUT2D eigenvalue weighted by atomic mass is 16.7. The molecule has 3 atom stereocenters. The zero-order chi connectivity index (χ0) is 35.3. The van der Waals surface area contributed by atoms with Gasteiger partial charge in [-0.1, -0.05) is 58.0 Å². The van der Waals surface area contributed by atoms with E-state index in [9.17, 15) is 19.2 Å². The van der Waals surface area contributed by atoms with Crippen molar-refractivity contribution in [3.8, 4) is 22.6 Å². The van der Waals surface area contributed by atoms with Crippen LogP contribution in [0.4, 0.5) is 4.79 Å². The van der Waals surface area contributed by atoms with Gasteiger partial charge in [-0.15, -0.1) is 0 Å². The van der Waals surface area contributed by atoms with Gasteiger partial charge < -0.3 is 28.4 Å². The highest BCUT2D eigenvalue weighted by molar-refractivity contribution is 5.92. The Hall–Kier alpha value is -4.96. The lowest BCUT2D eigenvalue weighted by molar-refractivity contribution is -0.140. The van der Waals surface area contributed by atoms with Crippen molar-refractivity contribution in [2.24, 2.45) is 17.8 Å². The van der Waals surface area contributed by atoms with Crippen LogP contribution in [0.25, 0.3) is 11.1 Å². The van der Waals surface area contributed by atoms with E-state index in [0.717, 1.165) is 24.0 Å². The lowest BCUT2D eigenvalue weighted by atomic mass is 9.75. The minimum Gasteiger partial charge on any atom is -0.460 e. The lowest BCUT2D eigenvalue weighted by Crippen LogP contribution is -2.35. The van der Waals surface area contributed by atoms with Crippen LogP contribution in [0.2, 0.25) is 0 Å². The third-order valence-electron chi connectivity index (χ3n) is 8.29. The first-order chi connectivity index (χ1) is 23.5. The fourth-order valence-electron chi connectivity index (χ4n) is 5.52. The molecule has 3 unspecified atom stereocenters. The average molecular weight is 673 g/mol. The molecule has 0 saturated heterocycles. The van der Waals surface area contributed by atoms with Gasteiger partial charge in [0, 0.05) is 5.57 Å². The van der Waals surface area contributed by atoms with Gasteiger partial charge in [-0.05, 0) is 97.2 Å². The molecule has 0 aliphatic heterocycles.